The molecule has 2 nitrogen and oxygen atoms in total. The number of carbonyl (C=O) groups is 1. The molecule has 0 unspecified atom stereocenters. The zero-order chi connectivity index (χ0) is 10.5. The summed E-state index contributed by atoms with van der Waals surface area (Å²) in [6, 6.07) is 0. The van der Waals surface area contributed by atoms with Crippen LogP contribution in [0.5, 0.6) is 0 Å². The molecule has 1 saturated heterocycles. The second-order valence-electron chi connectivity index (χ2n) is 2.90. The molecule has 1 heterocycles. The van der Waals surface area contributed by atoms with Crippen LogP contribution in [0.2, 0.25) is 0 Å². The first-order valence-electron chi connectivity index (χ1n) is 4.65. The highest BCUT2D eigenvalue weighted by Crippen LogP contribution is 2.26. The molecule has 0 aliphatic carbocycles. The van der Waals surface area contributed by atoms with E-state index in [4.69, 9.17) is 0 Å². The predicted octanol–water partition coefficient (Wildman–Crippen LogP) is 2.29. The van der Waals surface area contributed by atoms with Gasteiger partial charge in [-0.1, -0.05) is 13.8 Å². The number of nitrogens with zero attached hydrogens (tertiary/aromatic N) is 1. The van der Waals surface area contributed by atoms with E-state index >= 15 is 0 Å². The molecule has 0 N–H and O–H groups in total. The molecule has 0 spiro atoms. The van der Waals surface area contributed by atoms with Crippen molar-refractivity contribution in [2.24, 2.45) is 0 Å². The summed E-state index contributed by atoms with van der Waals surface area (Å²) in [4.78, 5) is 11.9. The van der Waals surface area contributed by atoms with Crippen molar-refractivity contribution in [3.8, 4) is 0 Å². The quantitative estimate of drug-likeness (QED) is 0.578. The molecule has 1 amide bonds. The van der Waals surface area contributed by atoms with E-state index in [1.807, 2.05) is 13.8 Å². The Bertz CT molecular complexity index is 171. The molecule has 0 aromatic carbocycles. The molecule has 0 aromatic heterocycles. The monoisotopic (exact) mass is 193 g/mol. The van der Waals surface area contributed by atoms with Crippen molar-refractivity contribution in [2.45, 2.75) is 39.5 Å². The van der Waals surface area contributed by atoms with Crippen LogP contribution in [0.25, 0.3) is 0 Å². The molecule has 0 bridgehead atoms. The summed E-state index contributed by atoms with van der Waals surface area (Å²) >= 11 is 0. The summed E-state index contributed by atoms with van der Waals surface area (Å²) in [6.45, 7) is 5.40. The number of hydrogen-bond donors (Lipinski definition) is 0. The average Bonchev–Trinajstić information content (AvgIpc) is 2.06. The second kappa shape index (κ2) is 5.14. The highest BCUT2D eigenvalue weighted by atomic mass is 19.3. The fraction of sp³-hybridized carbons (Fsp3) is 0.889. The number of rotatable bonds is 0. The minimum absolute atomic E-state index is 0.0865. The van der Waals surface area contributed by atoms with E-state index in [0.29, 0.717) is 13.0 Å². The highest BCUT2D eigenvalue weighted by molar-refractivity contribution is 5.73. The zero-order valence-electron chi connectivity index (χ0n) is 8.44. The lowest BCUT2D eigenvalue weighted by Crippen LogP contribution is -2.44. The summed E-state index contributed by atoms with van der Waals surface area (Å²) in [5.41, 5.74) is 0. The first-order chi connectivity index (χ1) is 6.01. The van der Waals surface area contributed by atoms with Gasteiger partial charge >= 0.3 is 0 Å². The normalized spacial score (nSPS) is 20.2. The molecule has 1 fully saturated rings. The lowest BCUT2D eigenvalue weighted by molar-refractivity contribution is -0.139. The van der Waals surface area contributed by atoms with Gasteiger partial charge in [0.25, 0.3) is 5.92 Å². The average molecular weight is 193 g/mol. The van der Waals surface area contributed by atoms with Gasteiger partial charge in [-0.15, -0.1) is 0 Å². The van der Waals surface area contributed by atoms with E-state index in [9.17, 15) is 13.6 Å². The van der Waals surface area contributed by atoms with Crippen molar-refractivity contribution >= 4 is 5.91 Å². The molecule has 78 valence electrons. The van der Waals surface area contributed by atoms with Gasteiger partial charge in [-0.2, -0.15) is 0 Å². The zero-order valence-corrected chi connectivity index (χ0v) is 8.44. The van der Waals surface area contributed by atoms with Crippen LogP contribution in [0.15, 0.2) is 0 Å². The second-order valence-corrected chi connectivity index (χ2v) is 2.90. The third kappa shape index (κ3) is 4.20. The van der Waals surface area contributed by atoms with Crippen LogP contribution in [0.4, 0.5) is 8.78 Å². The molecule has 0 saturated carbocycles. The standard InChI is InChI=1S/C7H11F2NO.C2H6/c1-6(11)10-4-2-3-7(8,9)5-10;1-2/h2-5H2,1H3;1-2H3. The Hall–Kier alpha value is -0.670. The van der Waals surface area contributed by atoms with Crippen LogP contribution in [-0.4, -0.2) is 29.8 Å². The number of amides is 1. The number of likely N-dealkylation sites (tertiary alicyclic amines) is 1. The van der Waals surface area contributed by atoms with Crippen molar-refractivity contribution in [1.29, 1.82) is 0 Å². The molecule has 0 radical (unpaired) electrons. The smallest absolute Gasteiger partial charge is 0.265 e. The van der Waals surface area contributed by atoms with Crippen LogP contribution in [-0.2, 0) is 4.79 Å². The van der Waals surface area contributed by atoms with Gasteiger partial charge in [0.05, 0.1) is 6.54 Å². The first kappa shape index (κ1) is 12.3. The Labute approximate surface area is 77.9 Å². The molecule has 1 rings (SSSR count). The Morgan fingerprint density at radius 3 is 2.23 bits per heavy atom. The Morgan fingerprint density at radius 1 is 1.38 bits per heavy atom. The molecule has 0 aromatic rings. The van der Waals surface area contributed by atoms with Gasteiger partial charge in [-0.25, -0.2) is 8.78 Å². The van der Waals surface area contributed by atoms with Crippen LogP contribution < -0.4 is 0 Å². The molecule has 4 heteroatoms. The molecule has 1 aliphatic rings. The molecule has 13 heavy (non-hydrogen) atoms. The van der Waals surface area contributed by atoms with Gasteiger partial charge in [-0.05, 0) is 6.42 Å². The van der Waals surface area contributed by atoms with E-state index in [-0.39, 0.29) is 12.3 Å². The highest BCUT2D eigenvalue weighted by Gasteiger charge is 2.35. The minimum atomic E-state index is -2.66. The van der Waals surface area contributed by atoms with Gasteiger partial charge in [-0.3, -0.25) is 4.79 Å². The van der Waals surface area contributed by atoms with E-state index in [1.54, 1.807) is 0 Å². The van der Waals surface area contributed by atoms with Crippen LogP contribution in [0.1, 0.15) is 33.6 Å². The first-order valence-corrected chi connectivity index (χ1v) is 4.65. The van der Waals surface area contributed by atoms with Gasteiger partial charge in [0, 0.05) is 19.9 Å². The Morgan fingerprint density at radius 2 is 1.92 bits per heavy atom. The van der Waals surface area contributed by atoms with Crippen molar-refractivity contribution in [1.82, 2.24) is 4.90 Å². The summed E-state index contributed by atoms with van der Waals surface area (Å²) < 4.78 is 25.2. The van der Waals surface area contributed by atoms with Crippen LogP contribution >= 0.6 is 0 Å². The maximum Gasteiger partial charge on any atom is 0.265 e. The predicted molar refractivity (Wildman–Crippen MR) is 47.8 cm³/mol. The van der Waals surface area contributed by atoms with Crippen molar-refractivity contribution in [3.05, 3.63) is 0 Å². The van der Waals surface area contributed by atoms with Gasteiger partial charge in [0.2, 0.25) is 5.91 Å². The summed E-state index contributed by atoms with van der Waals surface area (Å²) in [7, 11) is 0. The lowest BCUT2D eigenvalue weighted by atomic mass is 10.1. The Balaban J connectivity index is 0.000000671. The molecule has 0 atom stereocenters. The minimum Gasteiger partial charge on any atom is -0.337 e. The fourth-order valence-corrected chi connectivity index (χ4v) is 1.23. The SMILES string of the molecule is CC.CC(=O)N1CCCC(F)(F)C1. The maximum atomic E-state index is 12.6. The summed E-state index contributed by atoms with van der Waals surface area (Å²) in [6.07, 6.45) is 0.323. The van der Waals surface area contributed by atoms with Crippen molar-refractivity contribution < 1.29 is 13.6 Å². The largest absolute Gasteiger partial charge is 0.337 e. The van der Waals surface area contributed by atoms with E-state index < -0.39 is 12.5 Å². The van der Waals surface area contributed by atoms with Gasteiger partial charge in [0.15, 0.2) is 0 Å². The van der Waals surface area contributed by atoms with Gasteiger partial charge < -0.3 is 4.90 Å². The topological polar surface area (TPSA) is 20.3 Å². The van der Waals surface area contributed by atoms with Gasteiger partial charge in [0.1, 0.15) is 0 Å². The number of hydrogen-bond acceptors (Lipinski definition) is 1. The van der Waals surface area contributed by atoms with E-state index in [1.165, 1.54) is 11.8 Å². The number of alkyl halides is 2. The van der Waals surface area contributed by atoms with E-state index in [2.05, 4.69) is 0 Å². The molecular weight excluding hydrogens is 176 g/mol. The fourth-order valence-electron chi connectivity index (χ4n) is 1.23. The summed E-state index contributed by atoms with van der Waals surface area (Å²) in [5, 5.41) is 0. The number of piperidine rings is 1. The molecule has 1 aliphatic heterocycles. The number of carbonyl (C=O) groups excluding carboxylic acids is 1. The van der Waals surface area contributed by atoms with Crippen molar-refractivity contribution in [2.75, 3.05) is 13.1 Å². The van der Waals surface area contributed by atoms with Crippen LogP contribution in [0.3, 0.4) is 0 Å². The molecular formula is C9H17F2NO. The van der Waals surface area contributed by atoms with Crippen molar-refractivity contribution in [3.63, 3.8) is 0 Å². The third-order valence-corrected chi connectivity index (χ3v) is 1.84. The number of halogens is 2. The maximum absolute atomic E-state index is 12.6. The van der Waals surface area contributed by atoms with Crippen LogP contribution in [0, 0.1) is 0 Å². The lowest BCUT2D eigenvalue weighted by Gasteiger charge is -2.31. The van der Waals surface area contributed by atoms with E-state index in [0.717, 1.165) is 0 Å². The Kier molecular flexibility index (Phi) is 4.88. The summed E-state index contributed by atoms with van der Waals surface area (Å²) in [5.74, 6) is -2.92. The third-order valence-electron chi connectivity index (χ3n) is 1.84.